The lowest BCUT2D eigenvalue weighted by Gasteiger charge is -2.21. The molecule has 4 nitrogen and oxygen atoms in total. The second kappa shape index (κ2) is 7.69. The van der Waals surface area contributed by atoms with Crippen LogP contribution in [0.15, 0.2) is 64.5 Å². The van der Waals surface area contributed by atoms with Crippen molar-refractivity contribution in [2.45, 2.75) is 38.9 Å². The molecule has 140 valence electrons. The number of nitrogens with zero attached hydrogens (tertiary/aromatic N) is 2. The Morgan fingerprint density at radius 3 is 2.37 bits per heavy atom. The molecule has 5 heteroatoms. The molecule has 1 atom stereocenters. The van der Waals surface area contributed by atoms with E-state index < -0.39 is 5.41 Å². The van der Waals surface area contributed by atoms with Gasteiger partial charge in [-0.05, 0) is 24.6 Å². The molecule has 0 bridgehead atoms. The molecule has 3 rings (SSSR count). The zero-order chi connectivity index (χ0) is 19.6. The molecule has 0 aliphatic rings. The monoisotopic (exact) mass is 380 g/mol. The van der Waals surface area contributed by atoms with Crippen molar-refractivity contribution in [3.8, 4) is 0 Å². The van der Waals surface area contributed by atoms with Gasteiger partial charge in [-0.25, -0.2) is 4.98 Å². The minimum atomic E-state index is -0.417. The van der Waals surface area contributed by atoms with Crippen LogP contribution >= 0.6 is 11.8 Å². The van der Waals surface area contributed by atoms with Crippen molar-refractivity contribution in [1.82, 2.24) is 9.55 Å². The number of hydrogen-bond donors (Lipinski definition) is 0. The molecular weight excluding hydrogens is 356 g/mol. The van der Waals surface area contributed by atoms with Gasteiger partial charge in [0, 0.05) is 5.41 Å². The third-order valence-corrected chi connectivity index (χ3v) is 5.57. The second-order valence-corrected chi connectivity index (χ2v) is 8.58. The Hall–Kier alpha value is -2.40. The first-order valence-corrected chi connectivity index (χ1v) is 10.00. The highest BCUT2D eigenvalue weighted by Gasteiger charge is 2.23. The third kappa shape index (κ3) is 4.14. The van der Waals surface area contributed by atoms with Gasteiger partial charge in [-0.3, -0.25) is 14.2 Å². The van der Waals surface area contributed by atoms with Gasteiger partial charge in [0.25, 0.3) is 5.56 Å². The van der Waals surface area contributed by atoms with Gasteiger partial charge in [0.2, 0.25) is 0 Å². The fourth-order valence-electron chi connectivity index (χ4n) is 2.80. The quantitative estimate of drug-likeness (QED) is 0.475. The number of fused-ring (bicyclic) bond motifs is 1. The molecule has 0 N–H and O–H groups in total. The van der Waals surface area contributed by atoms with Crippen molar-refractivity contribution < 1.29 is 4.79 Å². The first-order chi connectivity index (χ1) is 12.8. The molecule has 1 heterocycles. The number of carbonyl (C=O) groups is 1. The summed E-state index contributed by atoms with van der Waals surface area (Å²) in [5.41, 5.74) is 1.19. The Kier molecular flexibility index (Phi) is 5.51. The average Bonchev–Trinajstić information content (AvgIpc) is 2.65. The van der Waals surface area contributed by atoms with Crippen LogP contribution in [0.1, 0.15) is 39.3 Å². The highest BCUT2D eigenvalue weighted by molar-refractivity contribution is 7.99. The molecule has 3 aromatic rings. The van der Waals surface area contributed by atoms with Crippen molar-refractivity contribution in [1.29, 1.82) is 0 Å². The van der Waals surface area contributed by atoms with Crippen LogP contribution in [0.2, 0.25) is 0 Å². The Labute approximate surface area is 163 Å². The molecule has 27 heavy (non-hydrogen) atoms. The van der Waals surface area contributed by atoms with E-state index in [9.17, 15) is 9.59 Å². The number of hydrogen-bond acceptors (Lipinski definition) is 4. The molecule has 2 aromatic carbocycles. The normalized spacial score (nSPS) is 12.9. The number of benzene rings is 2. The van der Waals surface area contributed by atoms with Crippen molar-refractivity contribution in [3.05, 3.63) is 70.5 Å². The smallest absolute Gasteiger partial charge is 0.262 e. The van der Waals surface area contributed by atoms with Gasteiger partial charge >= 0.3 is 0 Å². The molecule has 0 radical (unpaired) electrons. The number of para-hydroxylation sites is 1. The number of Topliss-reactive ketones (excluding diaryl/α,β-unsaturated/α-hetero) is 1. The lowest BCUT2D eigenvalue weighted by atomic mass is 9.92. The summed E-state index contributed by atoms with van der Waals surface area (Å²) in [6.45, 7) is 7.71. The summed E-state index contributed by atoms with van der Waals surface area (Å²) in [6.07, 6.45) is 0. The Morgan fingerprint density at radius 2 is 1.70 bits per heavy atom. The van der Waals surface area contributed by atoms with Crippen LogP contribution in [-0.4, -0.2) is 21.1 Å². The lowest BCUT2D eigenvalue weighted by molar-refractivity contribution is -0.123. The van der Waals surface area contributed by atoms with Gasteiger partial charge in [0.1, 0.15) is 5.78 Å². The van der Waals surface area contributed by atoms with Crippen molar-refractivity contribution in [3.63, 3.8) is 0 Å². The van der Waals surface area contributed by atoms with E-state index in [0.29, 0.717) is 16.1 Å². The Morgan fingerprint density at radius 1 is 1.07 bits per heavy atom. The Balaban J connectivity index is 2.10. The summed E-state index contributed by atoms with van der Waals surface area (Å²) in [4.78, 5) is 30.3. The molecular formula is C22H24N2O2S. The largest absolute Gasteiger partial charge is 0.298 e. The van der Waals surface area contributed by atoms with E-state index >= 15 is 0 Å². The van der Waals surface area contributed by atoms with E-state index in [1.54, 1.807) is 10.6 Å². The van der Waals surface area contributed by atoms with Crippen LogP contribution in [-0.2, 0) is 4.79 Å². The molecule has 0 fully saturated rings. The summed E-state index contributed by atoms with van der Waals surface area (Å²) >= 11 is 1.34. The molecule has 0 saturated carbocycles. The standard InChI is InChI=1S/C22H24N2O2S/c1-15(16-10-6-5-7-11-16)24-20(26)17-12-8-9-13-18(17)23-21(24)27-14-19(25)22(2,3)4/h5-13,15H,14H2,1-4H3. The van der Waals surface area contributed by atoms with Crippen molar-refractivity contribution in [2.24, 2.45) is 5.41 Å². The molecule has 0 aliphatic heterocycles. The first-order valence-electron chi connectivity index (χ1n) is 9.01. The van der Waals surface area contributed by atoms with E-state index in [1.807, 2.05) is 76.2 Å². The van der Waals surface area contributed by atoms with Gasteiger partial charge in [0.15, 0.2) is 5.16 Å². The third-order valence-electron chi connectivity index (χ3n) is 4.61. The summed E-state index contributed by atoms with van der Waals surface area (Å²) < 4.78 is 1.71. The first kappa shape index (κ1) is 19.4. The maximum absolute atomic E-state index is 13.2. The van der Waals surface area contributed by atoms with Crippen LogP contribution in [0.5, 0.6) is 0 Å². The van der Waals surface area contributed by atoms with Gasteiger partial charge in [-0.15, -0.1) is 0 Å². The number of thioether (sulfide) groups is 1. The topological polar surface area (TPSA) is 52.0 Å². The summed E-state index contributed by atoms with van der Waals surface area (Å²) in [7, 11) is 0. The number of rotatable bonds is 5. The molecule has 0 aliphatic carbocycles. The van der Waals surface area contributed by atoms with Gasteiger partial charge < -0.3 is 0 Å². The highest BCUT2D eigenvalue weighted by atomic mass is 32.2. The van der Waals surface area contributed by atoms with Crippen LogP contribution < -0.4 is 5.56 Å². The fraction of sp³-hybridized carbons (Fsp3) is 0.318. The lowest BCUT2D eigenvalue weighted by Crippen LogP contribution is -2.28. The second-order valence-electron chi connectivity index (χ2n) is 7.64. The molecule has 1 aromatic heterocycles. The molecule has 1 unspecified atom stereocenters. The van der Waals surface area contributed by atoms with E-state index in [0.717, 1.165) is 5.56 Å². The van der Waals surface area contributed by atoms with E-state index in [2.05, 4.69) is 0 Å². The Bertz CT molecular complexity index is 1020. The molecule has 0 saturated heterocycles. The maximum atomic E-state index is 13.2. The number of aromatic nitrogens is 2. The maximum Gasteiger partial charge on any atom is 0.262 e. The zero-order valence-electron chi connectivity index (χ0n) is 16.1. The van der Waals surface area contributed by atoms with Crippen LogP contribution in [0.4, 0.5) is 0 Å². The van der Waals surface area contributed by atoms with Crippen molar-refractivity contribution in [2.75, 3.05) is 5.75 Å². The minimum absolute atomic E-state index is 0.0809. The van der Waals surface area contributed by atoms with E-state index in [-0.39, 0.29) is 23.1 Å². The number of ketones is 1. The predicted molar refractivity (Wildman–Crippen MR) is 111 cm³/mol. The van der Waals surface area contributed by atoms with Gasteiger partial charge in [-0.2, -0.15) is 0 Å². The predicted octanol–water partition coefficient (Wildman–Crippen LogP) is 4.71. The summed E-state index contributed by atoms with van der Waals surface area (Å²) in [5.74, 6) is 0.421. The van der Waals surface area contributed by atoms with Crippen molar-refractivity contribution >= 4 is 28.4 Å². The van der Waals surface area contributed by atoms with Gasteiger partial charge in [0.05, 0.1) is 22.7 Å². The fourth-order valence-corrected chi connectivity index (χ4v) is 4.03. The van der Waals surface area contributed by atoms with Crippen LogP contribution in [0, 0.1) is 5.41 Å². The number of carbonyl (C=O) groups excluding carboxylic acids is 1. The van der Waals surface area contributed by atoms with Gasteiger partial charge in [-0.1, -0.05) is 75.0 Å². The zero-order valence-corrected chi connectivity index (χ0v) is 16.9. The molecule has 0 amide bonds. The minimum Gasteiger partial charge on any atom is -0.298 e. The molecule has 0 spiro atoms. The summed E-state index contributed by atoms with van der Waals surface area (Å²) in [5, 5.41) is 1.17. The summed E-state index contributed by atoms with van der Waals surface area (Å²) in [6, 6.07) is 17.0. The van der Waals surface area contributed by atoms with Crippen LogP contribution in [0.3, 0.4) is 0 Å². The SMILES string of the molecule is CC(c1ccccc1)n1c(SCC(=O)C(C)(C)C)nc2ccccc2c1=O. The van der Waals surface area contributed by atoms with Crippen LogP contribution in [0.25, 0.3) is 10.9 Å². The highest BCUT2D eigenvalue weighted by Crippen LogP contribution is 2.27. The van der Waals surface area contributed by atoms with E-state index in [4.69, 9.17) is 4.98 Å². The van der Waals surface area contributed by atoms with E-state index in [1.165, 1.54) is 11.8 Å². The average molecular weight is 381 g/mol.